The highest BCUT2D eigenvalue weighted by atomic mass is 16.5. The standard InChI is InChI=1S/C13H16N2O2/c1-9(13(16)17-3)10(2)15-8-14-11-6-4-5-7-12(11)15/h4-10H,1-3H3. The number of hydrogen-bond acceptors (Lipinski definition) is 3. The second-order valence-electron chi connectivity index (χ2n) is 4.19. The van der Waals surface area contributed by atoms with Gasteiger partial charge in [0.05, 0.1) is 30.4 Å². The molecule has 0 aliphatic heterocycles. The molecule has 0 aliphatic carbocycles. The molecule has 0 fully saturated rings. The summed E-state index contributed by atoms with van der Waals surface area (Å²) in [7, 11) is 1.41. The van der Waals surface area contributed by atoms with Gasteiger partial charge in [0, 0.05) is 6.04 Å². The van der Waals surface area contributed by atoms with Gasteiger partial charge in [-0.2, -0.15) is 0 Å². The van der Waals surface area contributed by atoms with Gasteiger partial charge < -0.3 is 9.30 Å². The Morgan fingerprint density at radius 2 is 2.06 bits per heavy atom. The van der Waals surface area contributed by atoms with Crippen molar-refractivity contribution in [3.05, 3.63) is 30.6 Å². The number of imidazole rings is 1. The van der Waals surface area contributed by atoms with Crippen LogP contribution in [-0.2, 0) is 9.53 Å². The second-order valence-corrected chi connectivity index (χ2v) is 4.19. The van der Waals surface area contributed by atoms with E-state index in [4.69, 9.17) is 4.74 Å². The molecule has 2 rings (SSSR count). The van der Waals surface area contributed by atoms with Gasteiger partial charge in [-0.25, -0.2) is 4.98 Å². The van der Waals surface area contributed by atoms with E-state index in [9.17, 15) is 4.79 Å². The summed E-state index contributed by atoms with van der Waals surface area (Å²) in [4.78, 5) is 15.8. The Labute approximate surface area is 100 Å². The topological polar surface area (TPSA) is 44.1 Å². The second kappa shape index (κ2) is 4.57. The number of esters is 1. The Balaban J connectivity index is 2.36. The average Bonchev–Trinajstić information content (AvgIpc) is 2.79. The van der Waals surface area contributed by atoms with Gasteiger partial charge in [0.2, 0.25) is 0 Å². The Morgan fingerprint density at radius 3 is 2.76 bits per heavy atom. The molecule has 2 aromatic rings. The lowest BCUT2D eigenvalue weighted by Gasteiger charge is -2.19. The zero-order valence-corrected chi connectivity index (χ0v) is 10.3. The summed E-state index contributed by atoms with van der Waals surface area (Å²) >= 11 is 0. The van der Waals surface area contributed by atoms with Crippen molar-refractivity contribution in [1.29, 1.82) is 0 Å². The quantitative estimate of drug-likeness (QED) is 0.763. The molecule has 1 heterocycles. The molecule has 2 atom stereocenters. The summed E-state index contributed by atoms with van der Waals surface area (Å²) < 4.78 is 6.78. The van der Waals surface area contributed by atoms with E-state index in [2.05, 4.69) is 4.98 Å². The number of ether oxygens (including phenoxy) is 1. The van der Waals surface area contributed by atoms with Gasteiger partial charge in [0.1, 0.15) is 0 Å². The van der Waals surface area contributed by atoms with Crippen LogP contribution in [0.2, 0.25) is 0 Å². The number of hydrogen-bond donors (Lipinski definition) is 0. The van der Waals surface area contributed by atoms with E-state index in [1.807, 2.05) is 42.7 Å². The zero-order valence-electron chi connectivity index (χ0n) is 10.3. The Bertz CT molecular complexity index is 533. The molecular formula is C13H16N2O2. The highest BCUT2D eigenvalue weighted by Gasteiger charge is 2.23. The Hall–Kier alpha value is -1.84. The molecule has 0 saturated carbocycles. The predicted octanol–water partition coefficient (Wildman–Crippen LogP) is 2.41. The first kappa shape index (κ1) is 11.6. The molecular weight excluding hydrogens is 216 g/mol. The zero-order chi connectivity index (χ0) is 12.4. The normalized spacial score (nSPS) is 14.5. The summed E-state index contributed by atoms with van der Waals surface area (Å²) in [5.41, 5.74) is 1.98. The molecule has 0 saturated heterocycles. The molecule has 1 aromatic carbocycles. The summed E-state index contributed by atoms with van der Waals surface area (Å²) in [6.07, 6.45) is 1.77. The maximum absolute atomic E-state index is 11.5. The SMILES string of the molecule is COC(=O)C(C)C(C)n1cnc2ccccc21. The van der Waals surface area contributed by atoms with Gasteiger partial charge >= 0.3 is 5.97 Å². The molecule has 2 unspecified atom stereocenters. The smallest absolute Gasteiger partial charge is 0.310 e. The van der Waals surface area contributed by atoms with E-state index in [1.54, 1.807) is 6.33 Å². The van der Waals surface area contributed by atoms with Gasteiger partial charge in [-0.05, 0) is 26.0 Å². The third-order valence-corrected chi connectivity index (χ3v) is 3.22. The van der Waals surface area contributed by atoms with E-state index in [1.165, 1.54) is 7.11 Å². The first-order valence-electron chi connectivity index (χ1n) is 5.64. The fourth-order valence-corrected chi connectivity index (χ4v) is 1.93. The molecule has 90 valence electrons. The van der Waals surface area contributed by atoms with Crippen LogP contribution in [0.15, 0.2) is 30.6 Å². The molecule has 1 aromatic heterocycles. The molecule has 17 heavy (non-hydrogen) atoms. The Kier molecular flexibility index (Phi) is 3.13. The number of benzene rings is 1. The lowest BCUT2D eigenvalue weighted by molar-refractivity contribution is -0.146. The van der Waals surface area contributed by atoms with E-state index < -0.39 is 0 Å². The average molecular weight is 232 g/mol. The van der Waals surface area contributed by atoms with Crippen LogP contribution >= 0.6 is 0 Å². The molecule has 4 heteroatoms. The predicted molar refractivity (Wildman–Crippen MR) is 65.6 cm³/mol. The number of rotatable bonds is 3. The van der Waals surface area contributed by atoms with Crippen LogP contribution in [0.5, 0.6) is 0 Å². The van der Waals surface area contributed by atoms with Crippen molar-refractivity contribution < 1.29 is 9.53 Å². The van der Waals surface area contributed by atoms with Crippen LogP contribution in [0.1, 0.15) is 19.9 Å². The van der Waals surface area contributed by atoms with Crippen LogP contribution in [0.3, 0.4) is 0 Å². The number of para-hydroxylation sites is 2. The molecule has 0 amide bonds. The van der Waals surface area contributed by atoms with Crippen molar-refractivity contribution in [2.45, 2.75) is 19.9 Å². The van der Waals surface area contributed by atoms with E-state index >= 15 is 0 Å². The maximum Gasteiger partial charge on any atom is 0.310 e. The summed E-state index contributed by atoms with van der Waals surface area (Å²) in [5, 5.41) is 0. The van der Waals surface area contributed by atoms with E-state index in [0.29, 0.717) is 0 Å². The lowest BCUT2D eigenvalue weighted by Crippen LogP contribution is -2.22. The molecule has 0 bridgehead atoms. The minimum Gasteiger partial charge on any atom is -0.469 e. The number of methoxy groups -OCH3 is 1. The van der Waals surface area contributed by atoms with Gasteiger partial charge in [0.15, 0.2) is 0 Å². The molecule has 0 spiro atoms. The highest BCUT2D eigenvalue weighted by Crippen LogP contribution is 2.23. The first-order chi connectivity index (χ1) is 8.15. The number of carbonyl (C=O) groups is 1. The first-order valence-corrected chi connectivity index (χ1v) is 5.64. The van der Waals surface area contributed by atoms with E-state index in [-0.39, 0.29) is 17.9 Å². The van der Waals surface area contributed by atoms with Gasteiger partial charge in [-0.1, -0.05) is 12.1 Å². The molecule has 0 N–H and O–H groups in total. The van der Waals surface area contributed by atoms with Gasteiger partial charge in [-0.15, -0.1) is 0 Å². The van der Waals surface area contributed by atoms with Gasteiger partial charge in [0.25, 0.3) is 0 Å². The largest absolute Gasteiger partial charge is 0.469 e. The monoisotopic (exact) mass is 232 g/mol. The van der Waals surface area contributed by atoms with Crippen LogP contribution in [-0.4, -0.2) is 22.6 Å². The number of carbonyl (C=O) groups excluding carboxylic acids is 1. The van der Waals surface area contributed by atoms with Crippen molar-refractivity contribution >= 4 is 17.0 Å². The number of nitrogens with zero attached hydrogens (tertiary/aromatic N) is 2. The summed E-state index contributed by atoms with van der Waals surface area (Å²) in [6, 6.07) is 7.91. The van der Waals surface area contributed by atoms with E-state index in [0.717, 1.165) is 11.0 Å². The minimum atomic E-state index is -0.199. The van der Waals surface area contributed by atoms with Crippen LogP contribution in [0.25, 0.3) is 11.0 Å². The number of aromatic nitrogens is 2. The van der Waals surface area contributed by atoms with Crippen LogP contribution in [0, 0.1) is 5.92 Å². The molecule has 0 radical (unpaired) electrons. The minimum absolute atomic E-state index is 0.0230. The Morgan fingerprint density at radius 1 is 1.35 bits per heavy atom. The fraction of sp³-hybridized carbons (Fsp3) is 0.385. The third-order valence-electron chi connectivity index (χ3n) is 3.22. The number of fused-ring (bicyclic) bond motifs is 1. The summed E-state index contributed by atoms with van der Waals surface area (Å²) in [6.45, 7) is 3.86. The van der Waals surface area contributed by atoms with Crippen molar-refractivity contribution in [3.63, 3.8) is 0 Å². The third kappa shape index (κ3) is 2.02. The van der Waals surface area contributed by atoms with Crippen molar-refractivity contribution in [3.8, 4) is 0 Å². The fourth-order valence-electron chi connectivity index (χ4n) is 1.93. The molecule has 0 aliphatic rings. The van der Waals surface area contributed by atoms with Crippen molar-refractivity contribution in [2.24, 2.45) is 5.92 Å². The van der Waals surface area contributed by atoms with Gasteiger partial charge in [-0.3, -0.25) is 4.79 Å². The highest BCUT2D eigenvalue weighted by molar-refractivity contribution is 5.76. The van der Waals surface area contributed by atoms with Crippen molar-refractivity contribution in [2.75, 3.05) is 7.11 Å². The maximum atomic E-state index is 11.5. The van der Waals surface area contributed by atoms with Crippen LogP contribution in [0.4, 0.5) is 0 Å². The lowest BCUT2D eigenvalue weighted by atomic mass is 10.0. The summed E-state index contributed by atoms with van der Waals surface area (Å²) in [5.74, 6) is -0.395. The van der Waals surface area contributed by atoms with Crippen LogP contribution < -0.4 is 0 Å². The molecule has 4 nitrogen and oxygen atoms in total. The van der Waals surface area contributed by atoms with Crippen molar-refractivity contribution in [1.82, 2.24) is 9.55 Å².